The van der Waals surface area contributed by atoms with Gasteiger partial charge in [0.2, 0.25) is 0 Å². The number of carbonyl (C=O) groups excluding carboxylic acids is 2. The number of piperidine rings is 1. The Morgan fingerprint density at radius 2 is 1.70 bits per heavy atom. The van der Waals surface area contributed by atoms with Crippen LogP contribution in [-0.4, -0.2) is 45.4 Å². The van der Waals surface area contributed by atoms with Gasteiger partial charge >= 0.3 is 5.97 Å². The summed E-state index contributed by atoms with van der Waals surface area (Å²) < 4.78 is 33.6. The monoisotopic (exact) mass is 517 g/mol. The second-order valence-electron chi connectivity index (χ2n) is 8.92. The maximum Gasteiger partial charge on any atom is 0.339 e. The first kappa shape index (κ1) is 25.9. The van der Waals surface area contributed by atoms with Crippen LogP contribution in [0.15, 0.2) is 71.6 Å². The fourth-order valence-electron chi connectivity index (χ4n) is 4.47. The van der Waals surface area contributed by atoms with Crippen LogP contribution in [0.4, 0.5) is 5.69 Å². The number of nitrogens with one attached hydrogen (secondary N) is 1. The molecule has 9 heteroatoms. The van der Waals surface area contributed by atoms with Gasteiger partial charge in [0.1, 0.15) is 4.90 Å². The number of hydrogen-bond acceptors (Lipinski definition) is 6. The zero-order valence-electron chi connectivity index (χ0n) is 20.6. The first-order chi connectivity index (χ1) is 17.7. The van der Waals surface area contributed by atoms with E-state index in [-0.39, 0.29) is 22.1 Å². The van der Waals surface area contributed by atoms with Crippen molar-refractivity contribution in [1.29, 1.82) is 5.26 Å². The highest BCUT2D eigenvalue weighted by molar-refractivity contribution is 7.92. The van der Waals surface area contributed by atoms with Crippen LogP contribution in [0, 0.1) is 18.3 Å². The summed E-state index contributed by atoms with van der Waals surface area (Å²) in [5.41, 5.74) is 2.98. The van der Waals surface area contributed by atoms with Crippen LogP contribution in [0.5, 0.6) is 0 Å². The highest BCUT2D eigenvalue weighted by atomic mass is 32.2. The van der Waals surface area contributed by atoms with E-state index in [0.29, 0.717) is 35.7 Å². The van der Waals surface area contributed by atoms with E-state index in [1.807, 2.05) is 24.3 Å². The lowest BCUT2D eigenvalue weighted by atomic mass is 9.89. The van der Waals surface area contributed by atoms with E-state index in [4.69, 9.17) is 10.00 Å². The number of carbonyl (C=O) groups is 2. The van der Waals surface area contributed by atoms with Crippen LogP contribution >= 0.6 is 0 Å². The number of hydrogen-bond donors (Lipinski definition) is 1. The van der Waals surface area contributed by atoms with Crippen molar-refractivity contribution in [3.63, 3.8) is 0 Å². The lowest BCUT2D eigenvalue weighted by Crippen LogP contribution is -2.38. The quantitative estimate of drug-likeness (QED) is 0.482. The average Bonchev–Trinajstić information content (AvgIpc) is 2.93. The minimum Gasteiger partial charge on any atom is -0.465 e. The Hall–Kier alpha value is -4.16. The first-order valence-corrected chi connectivity index (χ1v) is 13.3. The number of nitriles is 1. The Labute approximate surface area is 216 Å². The van der Waals surface area contributed by atoms with Crippen molar-refractivity contribution in [1.82, 2.24) is 4.90 Å². The normalized spacial score (nSPS) is 14.0. The molecule has 8 nitrogen and oxygen atoms in total. The predicted octanol–water partition coefficient (Wildman–Crippen LogP) is 4.47. The number of nitrogens with zero attached hydrogens (tertiary/aromatic N) is 2. The summed E-state index contributed by atoms with van der Waals surface area (Å²) in [7, 11) is -2.94. The molecule has 0 aromatic heterocycles. The molecule has 3 aromatic rings. The molecule has 1 N–H and O–H groups in total. The molecule has 0 bridgehead atoms. The Morgan fingerprint density at radius 1 is 1.03 bits per heavy atom. The van der Waals surface area contributed by atoms with Gasteiger partial charge in [0.05, 0.1) is 30.0 Å². The molecule has 1 amide bonds. The van der Waals surface area contributed by atoms with Gasteiger partial charge in [-0.05, 0) is 73.2 Å². The van der Waals surface area contributed by atoms with Crippen LogP contribution in [0.1, 0.15) is 56.2 Å². The van der Waals surface area contributed by atoms with E-state index in [9.17, 15) is 18.0 Å². The number of ether oxygens (including phenoxy) is 1. The third kappa shape index (κ3) is 5.65. The van der Waals surface area contributed by atoms with Crippen molar-refractivity contribution in [2.24, 2.45) is 0 Å². The Balaban J connectivity index is 1.49. The van der Waals surface area contributed by atoms with E-state index < -0.39 is 16.0 Å². The van der Waals surface area contributed by atoms with Gasteiger partial charge in [-0.2, -0.15) is 5.26 Å². The maximum absolute atomic E-state index is 13.3. The lowest BCUT2D eigenvalue weighted by molar-refractivity contribution is 0.0596. The molecule has 0 saturated carbocycles. The van der Waals surface area contributed by atoms with E-state index in [2.05, 4.69) is 10.8 Å². The Bertz CT molecular complexity index is 1470. The molecule has 1 fully saturated rings. The molecule has 0 atom stereocenters. The summed E-state index contributed by atoms with van der Waals surface area (Å²) >= 11 is 0. The number of amides is 1. The van der Waals surface area contributed by atoms with Gasteiger partial charge in [0, 0.05) is 18.7 Å². The number of benzene rings is 3. The highest BCUT2D eigenvalue weighted by Gasteiger charge is 2.26. The summed E-state index contributed by atoms with van der Waals surface area (Å²) in [4.78, 5) is 26.9. The minimum atomic E-state index is -4.13. The first-order valence-electron chi connectivity index (χ1n) is 11.8. The zero-order chi connectivity index (χ0) is 26.6. The summed E-state index contributed by atoms with van der Waals surface area (Å²) in [6, 6.07) is 20.4. The third-order valence-electron chi connectivity index (χ3n) is 6.60. The van der Waals surface area contributed by atoms with Crippen molar-refractivity contribution in [3.05, 3.63) is 94.5 Å². The molecular weight excluding hydrogens is 490 g/mol. The molecule has 1 heterocycles. The maximum atomic E-state index is 13.3. The summed E-state index contributed by atoms with van der Waals surface area (Å²) in [6.07, 6.45) is 1.60. The molecule has 1 aliphatic heterocycles. The van der Waals surface area contributed by atoms with Crippen molar-refractivity contribution in [2.75, 3.05) is 24.9 Å². The van der Waals surface area contributed by atoms with Crippen molar-refractivity contribution in [3.8, 4) is 6.07 Å². The van der Waals surface area contributed by atoms with E-state index in [1.54, 1.807) is 30.0 Å². The number of anilines is 1. The van der Waals surface area contributed by atoms with Crippen LogP contribution < -0.4 is 4.72 Å². The third-order valence-corrected chi connectivity index (χ3v) is 8.03. The van der Waals surface area contributed by atoms with Crippen molar-refractivity contribution >= 4 is 27.6 Å². The van der Waals surface area contributed by atoms with E-state index in [1.165, 1.54) is 31.4 Å². The molecule has 0 unspecified atom stereocenters. The largest absolute Gasteiger partial charge is 0.465 e. The van der Waals surface area contributed by atoms with Gasteiger partial charge in [-0.1, -0.05) is 30.3 Å². The Morgan fingerprint density at radius 3 is 2.35 bits per heavy atom. The smallest absolute Gasteiger partial charge is 0.339 e. The lowest BCUT2D eigenvalue weighted by Gasteiger charge is -2.32. The second-order valence-corrected chi connectivity index (χ2v) is 10.6. The molecule has 1 aliphatic rings. The molecule has 0 aliphatic carbocycles. The van der Waals surface area contributed by atoms with Crippen molar-refractivity contribution < 1.29 is 22.7 Å². The van der Waals surface area contributed by atoms with Gasteiger partial charge < -0.3 is 9.64 Å². The Kier molecular flexibility index (Phi) is 7.60. The van der Waals surface area contributed by atoms with Crippen LogP contribution in [-0.2, 0) is 14.8 Å². The van der Waals surface area contributed by atoms with Crippen LogP contribution in [0.2, 0.25) is 0 Å². The van der Waals surface area contributed by atoms with Gasteiger partial charge in [-0.3, -0.25) is 9.52 Å². The van der Waals surface area contributed by atoms with Crippen LogP contribution in [0.25, 0.3) is 0 Å². The van der Waals surface area contributed by atoms with Gasteiger partial charge in [0.15, 0.2) is 0 Å². The molecule has 4 rings (SSSR count). The predicted molar refractivity (Wildman–Crippen MR) is 139 cm³/mol. The SMILES string of the molecule is COC(=O)c1ccccc1S(=O)(=O)Nc1cc(C(=O)N2CCC(c3ccc(C#N)cc3)CC2)ccc1C. The summed E-state index contributed by atoms with van der Waals surface area (Å²) in [5.74, 6) is -0.619. The average molecular weight is 518 g/mol. The highest BCUT2D eigenvalue weighted by Crippen LogP contribution is 2.30. The van der Waals surface area contributed by atoms with Crippen molar-refractivity contribution in [2.45, 2.75) is 30.6 Å². The van der Waals surface area contributed by atoms with E-state index >= 15 is 0 Å². The summed E-state index contributed by atoms with van der Waals surface area (Å²) in [6.45, 7) is 2.89. The molecule has 190 valence electrons. The number of rotatable bonds is 6. The van der Waals surface area contributed by atoms with E-state index in [0.717, 1.165) is 18.4 Å². The number of aryl methyl sites for hydroxylation is 1. The van der Waals surface area contributed by atoms with Gasteiger partial charge in [-0.25, -0.2) is 13.2 Å². The molecule has 1 saturated heterocycles. The number of methoxy groups -OCH3 is 1. The fourth-order valence-corrected chi connectivity index (χ4v) is 5.79. The molecule has 0 spiro atoms. The van der Waals surface area contributed by atoms with Gasteiger partial charge in [-0.15, -0.1) is 0 Å². The number of esters is 1. The molecule has 0 radical (unpaired) electrons. The van der Waals surface area contributed by atoms with Gasteiger partial charge in [0.25, 0.3) is 15.9 Å². The fraction of sp³-hybridized carbons (Fsp3) is 0.250. The summed E-state index contributed by atoms with van der Waals surface area (Å²) in [5, 5.41) is 8.99. The molecule has 37 heavy (non-hydrogen) atoms. The zero-order valence-corrected chi connectivity index (χ0v) is 21.4. The number of sulfonamides is 1. The standard InChI is InChI=1S/C28H27N3O5S/c1-19-7-10-23(17-25(19)30-37(34,35)26-6-4-3-5-24(26)28(33)36-2)27(32)31-15-13-22(14-16-31)21-11-8-20(18-29)9-12-21/h3-12,17,22,30H,13-16H2,1-2H3. The topological polar surface area (TPSA) is 117 Å². The molecule has 3 aromatic carbocycles. The number of likely N-dealkylation sites (tertiary alicyclic amines) is 1. The second kappa shape index (κ2) is 10.8. The molecular formula is C28H27N3O5S. The van der Waals surface area contributed by atoms with Crippen LogP contribution in [0.3, 0.4) is 0 Å². The minimum absolute atomic E-state index is 0.0764.